The zero-order valence-electron chi connectivity index (χ0n) is 13.7. The second-order valence-electron chi connectivity index (χ2n) is 6.09. The first kappa shape index (κ1) is 15.9. The Morgan fingerprint density at radius 3 is 3.04 bits per heavy atom. The molecule has 2 aromatic rings. The number of fused-ring (bicyclic) bond motifs is 1. The quantitative estimate of drug-likeness (QED) is 0.865. The van der Waals surface area contributed by atoms with Gasteiger partial charge in [0.2, 0.25) is 0 Å². The lowest BCUT2D eigenvalue weighted by Crippen LogP contribution is -2.32. The third-order valence-corrected chi connectivity index (χ3v) is 4.40. The second-order valence-corrected chi connectivity index (χ2v) is 6.09. The summed E-state index contributed by atoms with van der Waals surface area (Å²) in [5.74, 6) is 0.111. The zero-order valence-corrected chi connectivity index (χ0v) is 13.7. The van der Waals surface area contributed by atoms with Gasteiger partial charge >= 0.3 is 0 Å². The summed E-state index contributed by atoms with van der Waals surface area (Å²) in [6.07, 6.45) is 6.07. The molecule has 0 spiro atoms. The lowest BCUT2D eigenvalue weighted by molar-refractivity contribution is 0.0432. The van der Waals surface area contributed by atoms with Gasteiger partial charge < -0.3 is 9.64 Å². The van der Waals surface area contributed by atoms with Crippen molar-refractivity contribution in [3.63, 3.8) is 0 Å². The third kappa shape index (κ3) is 3.70. The fourth-order valence-corrected chi connectivity index (χ4v) is 3.18. The van der Waals surface area contributed by atoms with Gasteiger partial charge in [-0.2, -0.15) is 0 Å². The molecule has 1 aromatic carbocycles. The van der Waals surface area contributed by atoms with Gasteiger partial charge in [0.25, 0.3) is 5.91 Å². The Morgan fingerprint density at radius 2 is 2.17 bits per heavy atom. The molecule has 2 heterocycles. The monoisotopic (exact) mass is 312 g/mol. The van der Waals surface area contributed by atoms with E-state index in [2.05, 4.69) is 11.9 Å². The summed E-state index contributed by atoms with van der Waals surface area (Å²) in [5.41, 5.74) is 1.63. The number of hydrogen-bond acceptors (Lipinski definition) is 3. The predicted molar refractivity (Wildman–Crippen MR) is 91.5 cm³/mol. The van der Waals surface area contributed by atoms with E-state index in [4.69, 9.17) is 4.74 Å². The average molecular weight is 312 g/mol. The molecule has 1 aliphatic rings. The van der Waals surface area contributed by atoms with Crippen molar-refractivity contribution in [1.29, 1.82) is 0 Å². The van der Waals surface area contributed by atoms with E-state index >= 15 is 0 Å². The molecule has 4 nitrogen and oxygen atoms in total. The van der Waals surface area contributed by atoms with Crippen molar-refractivity contribution < 1.29 is 9.53 Å². The lowest BCUT2D eigenvalue weighted by Gasteiger charge is -2.21. The van der Waals surface area contributed by atoms with Gasteiger partial charge in [0.05, 0.1) is 11.6 Å². The molecule has 1 saturated heterocycles. The summed E-state index contributed by atoms with van der Waals surface area (Å²) in [6.45, 7) is 4.51. The van der Waals surface area contributed by atoms with E-state index in [0.717, 1.165) is 61.8 Å². The fraction of sp³-hybridized carbons (Fsp3) is 0.474. The molecule has 23 heavy (non-hydrogen) atoms. The molecule has 1 aromatic heterocycles. The Kier molecular flexibility index (Phi) is 5.23. The molecular formula is C19H24N2O2. The van der Waals surface area contributed by atoms with Crippen molar-refractivity contribution in [2.75, 3.05) is 19.7 Å². The molecule has 0 bridgehead atoms. The topological polar surface area (TPSA) is 42.4 Å². The molecule has 1 amide bonds. The molecule has 0 aliphatic carbocycles. The van der Waals surface area contributed by atoms with Crippen LogP contribution in [0.25, 0.3) is 10.9 Å². The predicted octanol–water partition coefficient (Wildman–Crippen LogP) is 3.66. The molecule has 3 rings (SSSR count). The molecule has 0 radical (unpaired) electrons. The Morgan fingerprint density at radius 1 is 1.26 bits per heavy atom. The van der Waals surface area contributed by atoms with Crippen LogP contribution < -0.4 is 0 Å². The van der Waals surface area contributed by atoms with E-state index < -0.39 is 0 Å². The van der Waals surface area contributed by atoms with Crippen LogP contribution in [-0.2, 0) is 4.74 Å². The average Bonchev–Trinajstić information content (AvgIpc) is 2.84. The van der Waals surface area contributed by atoms with Gasteiger partial charge in [-0.25, -0.2) is 0 Å². The number of aromatic nitrogens is 1. The number of benzene rings is 1. The molecular weight excluding hydrogens is 288 g/mol. The summed E-state index contributed by atoms with van der Waals surface area (Å²) in [5, 5.41) is 0.933. The minimum Gasteiger partial charge on any atom is -0.378 e. The van der Waals surface area contributed by atoms with Gasteiger partial charge in [0.15, 0.2) is 0 Å². The van der Waals surface area contributed by atoms with Gasteiger partial charge in [0, 0.05) is 36.8 Å². The SMILES string of the molecule is CCCO[C@H]1CCCN(C(=O)c2cccc3ncccc23)CC1. The number of carbonyl (C=O) groups is 1. The van der Waals surface area contributed by atoms with Crippen LogP contribution in [0.1, 0.15) is 43.0 Å². The number of pyridine rings is 1. The number of nitrogens with zero attached hydrogens (tertiary/aromatic N) is 2. The first-order valence-electron chi connectivity index (χ1n) is 8.54. The number of likely N-dealkylation sites (tertiary alicyclic amines) is 1. The summed E-state index contributed by atoms with van der Waals surface area (Å²) in [6, 6.07) is 9.62. The van der Waals surface area contributed by atoms with Crippen LogP contribution in [0.15, 0.2) is 36.5 Å². The minimum absolute atomic E-state index is 0.111. The third-order valence-electron chi connectivity index (χ3n) is 4.40. The number of hydrogen-bond donors (Lipinski definition) is 0. The minimum atomic E-state index is 0.111. The zero-order chi connectivity index (χ0) is 16.1. The van der Waals surface area contributed by atoms with E-state index in [9.17, 15) is 4.79 Å². The van der Waals surface area contributed by atoms with Crippen molar-refractivity contribution >= 4 is 16.8 Å². The largest absolute Gasteiger partial charge is 0.378 e. The van der Waals surface area contributed by atoms with Gasteiger partial charge in [-0.1, -0.05) is 19.1 Å². The van der Waals surface area contributed by atoms with Crippen molar-refractivity contribution in [2.24, 2.45) is 0 Å². The Hall–Kier alpha value is -1.94. The van der Waals surface area contributed by atoms with Crippen LogP contribution in [0.5, 0.6) is 0 Å². The van der Waals surface area contributed by atoms with Crippen molar-refractivity contribution in [3.05, 3.63) is 42.1 Å². The summed E-state index contributed by atoms with van der Waals surface area (Å²) >= 11 is 0. The van der Waals surface area contributed by atoms with Gasteiger partial charge in [-0.15, -0.1) is 0 Å². The van der Waals surface area contributed by atoms with E-state index in [1.807, 2.05) is 35.2 Å². The Labute approximate surface area is 137 Å². The Bertz CT molecular complexity index is 666. The maximum atomic E-state index is 12.9. The highest BCUT2D eigenvalue weighted by molar-refractivity contribution is 6.06. The highest BCUT2D eigenvalue weighted by Crippen LogP contribution is 2.21. The van der Waals surface area contributed by atoms with Gasteiger partial charge in [0.1, 0.15) is 0 Å². The molecule has 1 atom stereocenters. The number of ether oxygens (including phenoxy) is 1. The van der Waals surface area contributed by atoms with Crippen LogP contribution in [0.4, 0.5) is 0 Å². The summed E-state index contributed by atoms with van der Waals surface area (Å²) < 4.78 is 5.87. The summed E-state index contributed by atoms with van der Waals surface area (Å²) in [7, 11) is 0. The molecule has 122 valence electrons. The molecule has 0 unspecified atom stereocenters. The van der Waals surface area contributed by atoms with E-state index in [1.54, 1.807) is 6.20 Å². The van der Waals surface area contributed by atoms with Crippen LogP contribution >= 0.6 is 0 Å². The highest BCUT2D eigenvalue weighted by Gasteiger charge is 2.23. The smallest absolute Gasteiger partial charge is 0.254 e. The first-order valence-corrected chi connectivity index (χ1v) is 8.54. The standard InChI is InChI=1S/C19H24N2O2/c1-2-14-23-15-6-5-12-21(13-10-15)19(22)17-7-3-9-18-16(17)8-4-11-20-18/h3-4,7-9,11,15H,2,5-6,10,12-14H2,1H3/t15-/m0/s1. The fourth-order valence-electron chi connectivity index (χ4n) is 3.18. The molecule has 1 fully saturated rings. The molecule has 0 N–H and O–H groups in total. The maximum Gasteiger partial charge on any atom is 0.254 e. The summed E-state index contributed by atoms with van der Waals surface area (Å²) in [4.78, 5) is 19.3. The van der Waals surface area contributed by atoms with Crippen LogP contribution in [0.3, 0.4) is 0 Å². The first-order chi connectivity index (χ1) is 11.3. The second kappa shape index (κ2) is 7.55. The normalized spacial score (nSPS) is 18.8. The van der Waals surface area contributed by atoms with Gasteiger partial charge in [-0.3, -0.25) is 9.78 Å². The number of carbonyl (C=O) groups excluding carboxylic acids is 1. The van der Waals surface area contributed by atoms with Crippen LogP contribution in [-0.4, -0.2) is 41.6 Å². The van der Waals surface area contributed by atoms with Crippen molar-refractivity contribution in [2.45, 2.75) is 38.7 Å². The molecule has 4 heteroatoms. The molecule has 0 saturated carbocycles. The number of amides is 1. The molecule has 1 aliphatic heterocycles. The van der Waals surface area contributed by atoms with Crippen LogP contribution in [0, 0.1) is 0 Å². The van der Waals surface area contributed by atoms with Crippen LogP contribution in [0.2, 0.25) is 0 Å². The van der Waals surface area contributed by atoms with E-state index in [-0.39, 0.29) is 5.91 Å². The highest BCUT2D eigenvalue weighted by atomic mass is 16.5. The maximum absolute atomic E-state index is 12.9. The van der Waals surface area contributed by atoms with Crippen molar-refractivity contribution in [1.82, 2.24) is 9.88 Å². The Balaban J connectivity index is 1.75. The van der Waals surface area contributed by atoms with E-state index in [0.29, 0.717) is 6.10 Å². The van der Waals surface area contributed by atoms with Crippen molar-refractivity contribution in [3.8, 4) is 0 Å². The van der Waals surface area contributed by atoms with E-state index in [1.165, 1.54) is 0 Å². The number of rotatable bonds is 4. The van der Waals surface area contributed by atoms with Gasteiger partial charge in [-0.05, 0) is 43.9 Å². The lowest BCUT2D eigenvalue weighted by atomic mass is 10.1.